The Morgan fingerprint density at radius 3 is 2.39 bits per heavy atom. The first kappa shape index (κ1) is 28.9. The van der Waals surface area contributed by atoms with Crippen molar-refractivity contribution in [3.05, 3.63) is 93.6 Å². The van der Waals surface area contributed by atoms with Crippen LogP contribution in [0.5, 0.6) is 11.5 Å². The van der Waals surface area contributed by atoms with Crippen LogP contribution in [0, 0.1) is 5.82 Å². The summed E-state index contributed by atoms with van der Waals surface area (Å²) in [5.41, 5.74) is 1.74. The topological polar surface area (TPSA) is 59.1 Å². The number of methoxy groups -OCH3 is 2. The molecule has 1 atom stereocenters. The summed E-state index contributed by atoms with van der Waals surface area (Å²) in [6.45, 7) is 0.0836. The van der Waals surface area contributed by atoms with Gasteiger partial charge in [0.15, 0.2) is 11.5 Å². The minimum Gasteiger partial charge on any atom is -0.493 e. The normalized spacial score (nSPS) is 14.2. The molecular formula is C32H32ClFN2O4S. The Labute approximate surface area is 248 Å². The molecule has 214 valence electrons. The number of benzene rings is 3. The average molecular weight is 595 g/mol. The summed E-state index contributed by atoms with van der Waals surface area (Å²) in [4.78, 5) is 32.3. The predicted molar refractivity (Wildman–Crippen MR) is 160 cm³/mol. The van der Waals surface area contributed by atoms with Crippen molar-refractivity contribution in [3.63, 3.8) is 0 Å². The lowest BCUT2D eigenvalue weighted by Crippen LogP contribution is -2.46. The molecule has 6 nitrogen and oxygen atoms in total. The first-order valence-corrected chi connectivity index (χ1v) is 14.8. The summed E-state index contributed by atoms with van der Waals surface area (Å²) in [5.74, 6) is 0.0706. The van der Waals surface area contributed by atoms with Gasteiger partial charge in [0, 0.05) is 40.1 Å². The fourth-order valence-corrected chi connectivity index (χ4v) is 6.62. The highest BCUT2D eigenvalue weighted by Gasteiger charge is 2.37. The molecule has 0 radical (unpaired) electrons. The first-order valence-electron chi connectivity index (χ1n) is 13.5. The molecule has 0 bridgehead atoms. The quantitative estimate of drug-likeness (QED) is 0.201. The fraction of sp³-hybridized carbons (Fsp3) is 0.312. The third-order valence-corrected chi connectivity index (χ3v) is 8.98. The molecule has 1 aromatic heterocycles. The van der Waals surface area contributed by atoms with E-state index in [4.69, 9.17) is 21.1 Å². The number of halogens is 2. The predicted octanol–water partition coefficient (Wildman–Crippen LogP) is 7.50. The molecule has 1 saturated carbocycles. The number of hydrogen-bond donors (Lipinski definition) is 0. The van der Waals surface area contributed by atoms with Crippen molar-refractivity contribution in [2.45, 2.75) is 44.3 Å². The Kier molecular flexibility index (Phi) is 8.80. The molecular weight excluding hydrogens is 563 g/mol. The molecule has 0 aliphatic heterocycles. The van der Waals surface area contributed by atoms with Crippen LogP contribution in [-0.2, 0) is 11.3 Å². The molecule has 9 heteroatoms. The zero-order valence-corrected chi connectivity index (χ0v) is 24.8. The van der Waals surface area contributed by atoms with Gasteiger partial charge in [-0.2, -0.15) is 0 Å². The lowest BCUT2D eigenvalue weighted by Gasteiger charge is -2.36. The lowest BCUT2D eigenvalue weighted by molar-refractivity contribution is -0.137. The van der Waals surface area contributed by atoms with Crippen LogP contribution in [0.15, 0.2) is 66.0 Å². The van der Waals surface area contributed by atoms with Crippen LogP contribution in [0.3, 0.4) is 0 Å². The second-order valence-electron chi connectivity index (χ2n) is 10.3. The summed E-state index contributed by atoms with van der Waals surface area (Å²) in [6, 6.07) is 15.8. The summed E-state index contributed by atoms with van der Waals surface area (Å²) in [7, 11) is 4.89. The van der Waals surface area contributed by atoms with Gasteiger partial charge in [-0.05, 0) is 66.4 Å². The number of ether oxygens (including phenoxy) is 2. The van der Waals surface area contributed by atoms with Crippen LogP contribution in [0.2, 0.25) is 5.02 Å². The van der Waals surface area contributed by atoms with Crippen LogP contribution in [-0.4, -0.2) is 48.9 Å². The van der Waals surface area contributed by atoms with Crippen molar-refractivity contribution in [3.8, 4) is 11.5 Å². The maximum absolute atomic E-state index is 14.5. The molecule has 1 heterocycles. The second kappa shape index (κ2) is 12.5. The summed E-state index contributed by atoms with van der Waals surface area (Å²) >= 11 is 7.76. The molecule has 4 aromatic rings. The van der Waals surface area contributed by atoms with Gasteiger partial charge >= 0.3 is 0 Å². The third kappa shape index (κ3) is 6.04. The van der Waals surface area contributed by atoms with Crippen LogP contribution in [0.25, 0.3) is 10.1 Å². The minimum atomic E-state index is -0.980. The molecule has 1 fully saturated rings. The number of nitrogens with zero attached hydrogens (tertiary/aromatic N) is 2. The van der Waals surface area contributed by atoms with E-state index in [0.29, 0.717) is 33.2 Å². The molecule has 0 N–H and O–H groups in total. The van der Waals surface area contributed by atoms with Crippen LogP contribution >= 0.6 is 22.9 Å². The van der Waals surface area contributed by atoms with Crippen LogP contribution < -0.4 is 9.47 Å². The van der Waals surface area contributed by atoms with E-state index >= 15 is 0 Å². The maximum atomic E-state index is 14.5. The van der Waals surface area contributed by atoms with Gasteiger partial charge in [-0.25, -0.2) is 4.39 Å². The molecule has 1 unspecified atom stereocenters. The van der Waals surface area contributed by atoms with Gasteiger partial charge in [0.05, 0.1) is 19.8 Å². The first-order chi connectivity index (χ1) is 19.8. The zero-order valence-electron chi connectivity index (χ0n) is 23.2. The number of fused-ring (bicyclic) bond motifs is 1. The van der Waals surface area contributed by atoms with Crippen molar-refractivity contribution in [2.24, 2.45) is 0 Å². The Balaban J connectivity index is 1.66. The number of hydrogen-bond acceptors (Lipinski definition) is 5. The molecule has 0 spiro atoms. The van der Waals surface area contributed by atoms with Crippen molar-refractivity contribution in [1.29, 1.82) is 0 Å². The van der Waals surface area contributed by atoms with Crippen molar-refractivity contribution in [1.82, 2.24) is 9.80 Å². The van der Waals surface area contributed by atoms with E-state index in [1.54, 1.807) is 64.8 Å². The van der Waals surface area contributed by atoms with Gasteiger partial charge in [-0.1, -0.05) is 42.6 Å². The maximum Gasteiger partial charge on any atom is 0.256 e. The molecule has 1 aliphatic rings. The van der Waals surface area contributed by atoms with Crippen molar-refractivity contribution >= 4 is 44.8 Å². The smallest absolute Gasteiger partial charge is 0.256 e. The molecule has 0 saturated heterocycles. The van der Waals surface area contributed by atoms with Crippen LogP contribution in [0.4, 0.5) is 4.39 Å². The zero-order chi connectivity index (χ0) is 29.1. The molecule has 1 aliphatic carbocycles. The highest BCUT2D eigenvalue weighted by molar-refractivity contribution is 7.17. The molecule has 3 aromatic carbocycles. The SMILES string of the molecule is COc1ccc(C(C(=O)N(C)C2CCCC2)N(Cc2ccc(F)cc2)C(=O)c2csc3ccc(Cl)cc23)cc1OC. The van der Waals surface area contributed by atoms with Crippen molar-refractivity contribution < 1.29 is 23.5 Å². The largest absolute Gasteiger partial charge is 0.493 e. The highest BCUT2D eigenvalue weighted by atomic mass is 35.5. The van der Waals surface area contributed by atoms with E-state index in [0.717, 1.165) is 35.8 Å². The molecule has 5 rings (SSSR count). The van der Waals surface area contributed by atoms with E-state index in [2.05, 4.69) is 0 Å². The standard InChI is InChI=1S/C32H32ClFN2O4S/c1-35(24-6-4-5-7-24)32(38)30(21-10-14-27(39-2)28(16-21)40-3)36(18-20-8-12-23(34)13-9-20)31(37)26-19-41-29-15-11-22(33)17-25(26)29/h8-17,19,24,30H,4-7,18H2,1-3H3. The summed E-state index contributed by atoms with van der Waals surface area (Å²) in [5, 5.41) is 3.04. The number of rotatable bonds is 9. The van der Waals surface area contributed by atoms with Gasteiger partial charge in [0.25, 0.3) is 5.91 Å². The van der Waals surface area contributed by atoms with E-state index in [1.165, 1.54) is 30.6 Å². The van der Waals surface area contributed by atoms with Gasteiger partial charge < -0.3 is 19.3 Å². The van der Waals surface area contributed by atoms with Crippen LogP contribution in [0.1, 0.15) is 53.2 Å². The van der Waals surface area contributed by atoms with Gasteiger partial charge in [0.2, 0.25) is 5.91 Å². The fourth-order valence-electron chi connectivity index (χ4n) is 5.53. The number of amides is 2. The van der Waals surface area contributed by atoms with Gasteiger partial charge in [-0.15, -0.1) is 11.3 Å². The van der Waals surface area contributed by atoms with Gasteiger partial charge in [-0.3, -0.25) is 9.59 Å². The number of carbonyl (C=O) groups excluding carboxylic acids is 2. The number of thiophene rings is 1. The molecule has 41 heavy (non-hydrogen) atoms. The molecule has 2 amide bonds. The van der Waals surface area contributed by atoms with E-state index in [-0.39, 0.29) is 30.2 Å². The Bertz CT molecular complexity index is 1550. The second-order valence-corrected chi connectivity index (χ2v) is 11.6. The van der Waals surface area contributed by atoms with E-state index < -0.39 is 6.04 Å². The Morgan fingerprint density at radius 1 is 1.00 bits per heavy atom. The average Bonchev–Trinajstić information content (AvgIpc) is 3.67. The minimum absolute atomic E-state index is 0.0836. The van der Waals surface area contributed by atoms with Crippen molar-refractivity contribution in [2.75, 3.05) is 21.3 Å². The summed E-state index contributed by atoms with van der Waals surface area (Å²) < 4.78 is 25.8. The highest BCUT2D eigenvalue weighted by Crippen LogP contribution is 2.37. The number of carbonyl (C=O) groups is 2. The van der Waals surface area contributed by atoms with Gasteiger partial charge in [0.1, 0.15) is 11.9 Å². The third-order valence-electron chi connectivity index (χ3n) is 7.78. The van der Waals surface area contributed by atoms with E-state index in [1.807, 2.05) is 13.1 Å². The Hall–Kier alpha value is -3.62. The number of likely N-dealkylation sites (N-methyl/N-ethyl adjacent to an activating group) is 1. The van der Waals surface area contributed by atoms with E-state index in [9.17, 15) is 14.0 Å². The summed E-state index contributed by atoms with van der Waals surface area (Å²) in [6.07, 6.45) is 3.95. The lowest BCUT2D eigenvalue weighted by atomic mass is 9.99. The monoisotopic (exact) mass is 594 g/mol. The Morgan fingerprint density at radius 2 is 1.71 bits per heavy atom.